The fourth-order valence-electron chi connectivity index (χ4n) is 2.65. The number of ether oxygens (including phenoxy) is 2. The van der Waals surface area contributed by atoms with Gasteiger partial charge in [-0.3, -0.25) is 4.79 Å². The summed E-state index contributed by atoms with van der Waals surface area (Å²) in [7, 11) is 2.89. The summed E-state index contributed by atoms with van der Waals surface area (Å²) in [4.78, 5) is 12.2. The lowest BCUT2D eigenvalue weighted by atomic mass is 9.85. The van der Waals surface area contributed by atoms with Crippen molar-refractivity contribution in [2.45, 2.75) is 31.7 Å². The van der Waals surface area contributed by atoms with Crippen molar-refractivity contribution in [3.8, 4) is 11.5 Å². The molecule has 3 N–H and O–H groups in total. The molecule has 2 rings (SSSR count). The molecule has 22 heavy (non-hydrogen) atoms. The van der Waals surface area contributed by atoms with Crippen LogP contribution < -0.4 is 20.5 Å². The highest BCUT2D eigenvalue weighted by Gasteiger charge is 2.26. The molecule has 1 aliphatic rings. The minimum absolute atomic E-state index is 0. The molecule has 0 spiro atoms. The van der Waals surface area contributed by atoms with E-state index in [4.69, 9.17) is 15.2 Å². The molecule has 5 nitrogen and oxygen atoms in total. The van der Waals surface area contributed by atoms with Gasteiger partial charge in [0.05, 0.1) is 19.9 Å². The number of anilines is 1. The van der Waals surface area contributed by atoms with E-state index in [1.165, 1.54) is 26.4 Å². The van der Waals surface area contributed by atoms with E-state index in [-0.39, 0.29) is 41.7 Å². The first-order valence-electron chi connectivity index (χ1n) is 7.03. The fourth-order valence-corrected chi connectivity index (χ4v) is 2.65. The minimum atomic E-state index is -0.555. The topological polar surface area (TPSA) is 73.6 Å². The lowest BCUT2D eigenvalue weighted by Crippen LogP contribution is -2.34. The summed E-state index contributed by atoms with van der Waals surface area (Å²) < 4.78 is 24.1. The number of rotatable bonds is 4. The molecular weight excluding hydrogens is 311 g/mol. The zero-order valence-corrected chi connectivity index (χ0v) is 13.5. The fraction of sp³-hybridized carbons (Fsp3) is 0.533. The molecule has 0 saturated heterocycles. The van der Waals surface area contributed by atoms with E-state index in [1.807, 2.05) is 0 Å². The number of methoxy groups -OCH3 is 2. The van der Waals surface area contributed by atoms with Crippen molar-refractivity contribution >= 4 is 24.0 Å². The van der Waals surface area contributed by atoms with Crippen LogP contribution in [0.1, 0.15) is 25.7 Å². The van der Waals surface area contributed by atoms with Gasteiger partial charge in [0.1, 0.15) is 0 Å². The third-order valence-corrected chi connectivity index (χ3v) is 3.82. The quantitative estimate of drug-likeness (QED) is 0.889. The predicted octanol–water partition coefficient (Wildman–Crippen LogP) is 2.72. The van der Waals surface area contributed by atoms with Crippen LogP contribution in [0.25, 0.3) is 0 Å². The first-order chi connectivity index (χ1) is 10.0. The summed E-state index contributed by atoms with van der Waals surface area (Å²) in [5, 5.41) is 2.62. The van der Waals surface area contributed by atoms with Crippen LogP contribution in [0.5, 0.6) is 11.5 Å². The molecule has 0 heterocycles. The number of nitrogens with one attached hydrogen (secondary N) is 1. The number of carbonyl (C=O) groups excluding carboxylic acids is 1. The average molecular weight is 333 g/mol. The third-order valence-electron chi connectivity index (χ3n) is 3.82. The van der Waals surface area contributed by atoms with Gasteiger partial charge in [-0.25, -0.2) is 4.39 Å². The lowest BCUT2D eigenvalue weighted by molar-refractivity contribution is -0.120. The highest BCUT2D eigenvalue weighted by molar-refractivity contribution is 5.93. The summed E-state index contributed by atoms with van der Waals surface area (Å²) in [5.41, 5.74) is 5.97. The molecule has 1 aromatic carbocycles. The van der Waals surface area contributed by atoms with Crippen LogP contribution in [0.4, 0.5) is 10.1 Å². The second-order valence-electron chi connectivity index (χ2n) is 5.30. The Labute approximate surface area is 135 Å². The average Bonchev–Trinajstić information content (AvgIpc) is 2.48. The van der Waals surface area contributed by atoms with Crippen LogP contribution in [0.2, 0.25) is 0 Å². The Morgan fingerprint density at radius 2 is 1.91 bits per heavy atom. The van der Waals surface area contributed by atoms with Crippen LogP contribution in [-0.4, -0.2) is 26.2 Å². The Kier molecular flexibility index (Phi) is 6.90. The van der Waals surface area contributed by atoms with Gasteiger partial charge in [-0.05, 0) is 19.3 Å². The molecule has 0 bridgehead atoms. The maximum Gasteiger partial charge on any atom is 0.227 e. The second-order valence-corrected chi connectivity index (χ2v) is 5.30. The van der Waals surface area contributed by atoms with Gasteiger partial charge in [0.2, 0.25) is 5.91 Å². The Hall–Kier alpha value is -1.53. The number of benzene rings is 1. The Bertz CT molecular complexity index is 528. The van der Waals surface area contributed by atoms with E-state index >= 15 is 0 Å². The van der Waals surface area contributed by atoms with E-state index in [0.29, 0.717) is 12.2 Å². The molecule has 7 heteroatoms. The normalized spacial score (nSPS) is 20.7. The van der Waals surface area contributed by atoms with Gasteiger partial charge in [0.25, 0.3) is 0 Å². The monoisotopic (exact) mass is 332 g/mol. The van der Waals surface area contributed by atoms with Crippen LogP contribution in [0.3, 0.4) is 0 Å². The van der Waals surface area contributed by atoms with Crippen molar-refractivity contribution in [3.63, 3.8) is 0 Å². The molecular formula is C15H22ClFN2O3. The predicted molar refractivity (Wildman–Crippen MR) is 85.3 cm³/mol. The Balaban J connectivity index is 0.00000242. The zero-order valence-electron chi connectivity index (χ0n) is 12.7. The summed E-state index contributed by atoms with van der Waals surface area (Å²) in [6.07, 6.45) is 3.29. The highest BCUT2D eigenvalue weighted by atomic mass is 35.5. The maximum atomic E-state index is 14.0. The Morgan fingerprint density at radius 3 is 2.50 bits per heavy atom. The molecule has 1 aromatic rings. The van der Waals surface area contributed by atoms with Crippen LogP contribution in [0, 0.1) is 11.7 Å². The third kappa shape index (κ3) is 4.24. The summed E-state index contributed by atoms with van der Waals surface area (Å²) in [5.74, 6) is -0.263. The number of amides is 1. The molecule has 124 valence electrons. The van der Waals surface area contributed by atoms with Gasteiger partial charge in [-0.2, -0.15) is 0 Å². The lowest BCUT2D eigenvalue weighted by Gasteiger charge is -2.25. The largest absolute Gasteiger partial charge is 0.493 e. The molecule has 2 unspecified atom stereocenters. The highest BCUT2D eigenvalue weighted by Crippen LogP contribution is 2.33. The van der Waals surface area contributed by atoms with Crippen molar-refractivity contribution in [2.24, 2.45) is 11.7 Å². The van der Waals surface area contributed by atoms with E-state index < -0.39 is 5.82 Å². The SMILES string of the molecule is COc1cc(F)c(NC(=O)C2CCCC(N)C2)cc1OC.Cl. The number of hydrogen-bond acceptors (Lipinski definition) is 4. The van der Waals surface area contributed by atoms with Gasteiger partial charge in [0, 0.05) is 24.1 Å². The minimum Gasteiger partial charge on any atom is -0.493 e. The van der Waals surface area contributed by atoms with E-state index in [2.05, 4.69) is 5.32 Å². The second kappa shape index (κ2) is 8.19. The van der Waals surface area contributed by atoms with Crippen LogP contribution in [-0.2, 0) is 4.79 Å². The molecule has 0 aliphatic heterocycles. The summed E-state index contributed by atoms with van der Waals surface area (Å²) >= 11 is 0. The van der Waals surface area contributed by atoms with Gasteiger partial charge >= 0.3 is 0 Å². The molecule has 0 aromatic heterocycles. The molecule has 1 aliphatic carbocycles. The Morgan fingerprint density at radius 1 is 1.27 bits per heavy atom. The number of hydrogen-bond donors (Lipinski definition) is 2. The molecule has 2 atom stereocenters. The van der Waals surface area contributed by atoms with Gasteiger partial charge in [-0.15, -0.1) is 12.4 Å². The van der Waals surface area contributed by atoms with Crippen molar-refractivity contribution in [2.75, 3.05) is 19.5 Å². The molecule has 1 amide bonds. The van der Waals surface area contributed by atoms with Crippen molar-refractivity contribution in [1.82, 2.24) is 0 Å². The molecule has 0 radical (unpaired) electrons. The maximum absolute atomic E-state index is 14.0. The first-order valence-corrected chi connectivity index (χ1v) is 7.03. The van der Waals surface area contributed by atoms with Crippen LogP contribution >= 0.6 is 12.4 Å². The van der Waals surface area contributed by atoms with Crippen molar-refractivity contribution in [3.05, 3.63) is 17.9 Å². The summed E-state index contributed by atoms with van der Waals surface area (Å²) in [6, 6.07) is 2.67. The van der Waals surface area contributed by atoms with Gasteiger partial charge in [0.15, 0.2) is 17.3 Å². The van der Waals surface area contributed by atoms with E-state index in [0.717, 1.165) is 19.3 Å². The first kappa shape index (κ1) is 18.5. The van der Waals surface area contributed by atoms with Crippen molar-refractivity contribution in [1.29, 1.82) is 0 Å². The molecule has 1 fully saturated rings. The number of carbonyl (C=O) groups is 1. The summed E-state index contributed by atoms with van der Waals surface area (Å²) in [6.45, 7) is 0. The van der Waals surface area contributed by atoms with Crippen LogP contribution in [0.15, 0.2) is 12.1 Å². The van der Waals surface area contributed by atoms with Gasteiger partial charge < -0.3 is 20.5 Å². The number of nitrogens with two attached hydrogens (primary N) is 1. The molecule has 1 saturated carbocycles. The zero-order chi connectivity index (χ0) is 15.4. The standard InChI is InChI=1S/C15H21FN2O3.ClH/c1-20-13-7-11(16)12(8-14(13)21-2)18-15(19)9-4-3-5-10(17)6-9;/h7-10H,3-6,17H2,1-2H3,(H,18,19);1H. The van der Waals surface area contributed by atoms with Gasteiger partial charge in [-0.1, -0.05) is 6.42 Å². The van der Waals surface area contributed by atoms with E-state index in [1.54, 1.807) is 0 Å². The smallest absolute Gasteiger partial charge is 0.227 e. The van der Waals surface area contributed by atoms with Crippen molar-refractivity contribution < 1.29 is 18.7 Å². The van der Waals surface area contributed by atoms with E-state index in [9.17, 15) is 9.18 Å². The number of halogens is 2.